The Hall–Kier alpha value is -2.02. The molecule has 0 heterocycles. The van der Waals surface area contributed by atoms with Crippen LogP contribution in [-0.4, -0.2) is 34.9 Å². The van der Waals surface area contributed by atoms with Crippen LogP contribution in [0.2, 0.25) is 0 Å². The fourth-order valence-electron chi connectivity index (χ4n) is 3.58. The second-order valence-corrected chi connectivity index (χ2v) is 11.9. The van der Waals surface area contributed by atoms with Crippen LogP contribution in [0.15, 0.2) is 23.2 Å². The van der Waals surface area contributed by atoms with Crippen molar-refractivity contribution in [2.75, 3.05) is 12.3 Å². The predicted octanol–water partition coefficient (Wildman–Crippen LogP) is 15.6. The van der Waals surface area contributed by atoms with Crippen LogP contribution >= 0.6 is 12.6 Å². The molecule has 1 aromatic carbocycles. The molecule has 0 fully saturated rings. The van der Waals surface area contributed by atoms with Gasteiger partial charge in [-0.1, -0.05) is 191 Å². The van der Waals surface area contributed by atoms with Gasteiger partial charge in [0.15, 0.2) is 5.96 Å². The highest BCUT2D eigenvalue weighted by molar-refractivity contribution is 7.80. The number of guanidine groups is 1. The molecule has 1 rings (SSSR count). The number of phenolic OH excluding ortho intramolecular Hbond substituents is 1. The molecule has 0 aliphatic carbocycles. The van der Waals surface area contributed by atoms with Crippen LogP contribution in [0.3, 0.4) is 0 Å². The summed E-state index contributed by atoms with van der Waals surface area (Å²) in [5.41, 5.74) is 12.7. The molecule has 0 spiro atoms. The highest BCUT2D eigenvalue weighted by atomic mass is 32.1. The molecule has 0 aromatic heterocycles. The molecule has 2 atom stereocenters. The van der Waals surface area contributed by atoms with E-state index < -0.39 is 0 Å². The lowest BCUT2D eigenvalue weighted by molar-refractivity contribution is -0.123. The summed E-state index contributed by atoms with van der Waals surface area (Å²) in [4.78, 5) is 26.5. The maximum Gasteiger partial charge on any atom is 0.185 e. The van der Waals surface area contributed by atoms with E-state index >= 15 is 0 Å². The molecule has 7 heteroatoms. The molecule has 5 N–H and O–H groups in total. The van der Waals surface area contributed by atoms with Gasteiger partial charge in [-0.25, -0.2) is 0 Å². The Morgan fingerprint density at radius 1 is 0.667 bits per heavy atom. The number of nitrogens with zero attached hydrogens (tertiary/aromatic N) is 1. The molecule has 1 aromatic rings. The van der Waals surface area contributed by atoms with E-state index in [2.05, 4.69) is 93.8 Å². The first kappa shape index (κ1) is 80.4. The van der Waals surface area contributed by atoms with E-state index in [1.807, 2.05) is 60.6 Å². The van der Waals surface area contributed by atoms with Crippen molar-refractivity contribution < 1.29 is 14.7 Å². The average Bonchev–Trinajstić information content (AvgIpc) is 3.12. The topological polar surface area (TPSA) is 119 Å². The fourth-order valence-corrected chi connectivity index (χ4v) is 3.96. The minimum atomic E-state index is 0. The van der Waals surface area contributed by atoms with E-state index in [1.165, 1.54) is 31.2 Å². The molecule has 334 valence electrons. The number of aryl methyl sites for hydroxylation is 2. The van der Waals surface area contributed by atoms with Crippen molar-refractivity contribution in [1.82, 2.24) is 0 Å². The van der Waals surface area contributed by atoms with Gasteiger partial charge in [0.1, 0.15) is 17.3 Å². The van der Waals surface area contributed by atoms with Crippen molar-refractivity contribution in [3.63, 3.8) is 0 Å². The number of carbonyl (C=O) groups excluding carboxylic acids is 2. The second kappa shape index (κ2) is 75.8. The number of rotatable bonds is 14. The van der Waals surface area contributed by atoms with Gasteiger partial charge in [0.2, 0.25) is 0 Å². The molecule has 0 bridgehead atoms. The number of nitrogens with two attached hydrogens (primary N) is 2. The van der Waals surface area contributed by atoms with Crippen molar-refractivity contribution in [2.24, 2.45) is 28.3 Å². The first-order valence-corrected chi connectivity index (χ1v) is 21.4. The van der Waals surface area contributed by atoms with Gasteiger partial charge < -0.3 is 16.6 Å². The van der Waals surface area contributed by atoms with E-state index in [0.717, 1.165) is 50.5 Å². The van der Waals surface area contributed by atoms with Gasteiger partial charge in [-0.15, -0.1) is 0 Å². The fraction of sp³-hybridized carbons (Fsp3) is 0.809. The zero-order valence-electron chi connectivity index (χ0n) is 37.8. The Bertz CT molecular complexity index is 790. The molecule has 6 nitrogen and oxygen atoms in total. The molecule has 0 saturated heterocycles. The molecule has 0 aliphatic rings. The Morgan fingerprint density at radius 3 is 1.30 bits per heavy atom. The van der Waals surface area contributed by atoms with Gasteiger partial charge in [-0.2, -0.15) is 12.6 Å². The Kier molecular flexibility index (Phi) is 113. The lowest BCUT2D eigenvalue weighted by Gasteiger charge is -2.12. The summed E-state index contributed by atoms with van der Waals surface area (Å²) in [6, 6.07) is 5.70. The largest absolute Gasteiger partial charge is 0.508 e. The lowest BCUT2D eigenvalue weighted by Crippen LogP contribution is -2.23. The molecule has 0 amide bonds. The highest BCUT2D eigenvalue weighted by Crippen LogP contribution is 2.17. The van der Waals surface area contributed by atoms with Crippen LogP contribution in [0.5, 0.6) is 5.75 Å². The monoisotopic (exact) mass is 794 g/mol. The van der Waals surface area contributed by atoms with Gasteiger partial charge in [-0.05, 0) is 62.0 Å². The average molecular weight is 794 g/mol. The third kappa shape index (κ3) is 75.0. The normalized spacial score (nSPS) is 9.17. The van der Waals surface area contributed by atoms with Crippen LogP contribution < -0.4 is 11.5 Å². The predicted molar refractivity (Wildman–Crippen MR) is 260 cm³/mol. The zero-order chi connectivity index (χ0) is 42.1. The standard InChI is InChI=1S/C11H23N3O.C9H12O.C8H16OS.4C3H8.2C2H6.3CH4/c1-3-6-9(10(15)4-2)7-5-8-14-11(12)13;1-3-8-4-5-9(10)7(2)6-8;1-3-5-7(6-10)8(9)4-2;4*1-3-2;2*1-2;;;/h9H,3-8H2,1-2H3,(H4,12,13,14);4-6,10H,3H2,1-2H3;7,10H,3-6H2,1-2H3;4*3H2,1-2H3;2*1-2H3;3*1H4. The van der Waals surface area contributed by atoms with Gasteiger partial charge in [-0.3, -0.25) is 14.6 Å². The Morgan fingerprint density at radius 2 is 1.02 bits per heavy atom. The number of hydrogen-bond acceptors (Lipinski definition) is 5. The SMILES string of the molecule is C.C.C.CC.CC.CCC.CCC.CCC.CCC.CCCC(CCCN=C(N)N)C(=O)CC.CCCC(CS)C(=O)CC.CCc1ccc(O)c(C)c1. The highest BCUT2D eigenvalue weighted by Gasteiger charge is 2.14. The van der Waals surface area contributed by atoms with Gasteiger partial charge in [0.25, 0.3) is 0 Å². The first-order valence-electron chi connectivity index (χ1n) is 20.8. The summed E-state index contributed by atoms with van der Waals surface area (Å²) in [5.74, 6) is 2.35. The number of hydrogen-bond donors (Lipinski definition) is 4. The van der Waals surface area contributed by atoms with Crippen LogP contribution in [0, 0.1) is 18.8 Å². The summed E-state index contributed by atoms with van der Waals surface area (Å²) in [7, 11) is 0. The van der Waals surface area contributed by atoms with Gasteiger partial charge in [0.05, 0.1) is 0 Å². The second-order valence-electron chi connectivity index (χ2n) is 11.5. The molecular weight excluding hydrogens is 687 g/mol. The molecule has 0 radical (unpaired) electrons. The smallest absolute Gasteiger partial charge is 0.185 e. The summed E-state index contributed by atoms with van der Waals surface area (Å²) in [6.07, 6.45) is 13.2. The summed E-state index contributed by atoms with van der Waals surface area (Å²) in [5, 5.41) is 9.14. The summed E-state index contributed by atoms with van der Waals surface area (Å²) >= 11 is 4.12. The van der Waals surface area contributed by atoms with Crippen LogP contribution in [0.4, 0.5) is 0 Å². The van der Waals surface area contributed by atoms with Crippen LogP contribution in [-0.2, 0) is 16.0 Å². The summed E-state index contributed by atoms with van der Waals surface area (Å²) in [6.45, 7) is 37.7. The minimum absolute atomic E-state index is 0. The number of carbonyl (C=O) groups is 2. The third-order valence-electron chi connectivity index (χ3n) is 5.78. The summed E-state index contributed by atoms with van der Waals surface area (Å²) < 4.78 is 0. The van der Waals surface area contributed by atoms with Crippen molar-refractivity contribution in [3.8, 4) is 5.75 Å². The molecule has 54 heavy (non-hydrogen) atoms. The Labute approximate surface area is 349 Å². The van der Waals surface area contributed by atoms with Crippen molar-refractivity contribution >= 4 is 30.2 Å². The first-order chi connectivity index (χ1) is 24.3. The van der Waals surface area contributed by atoms with Crippen LogP contribution in [0.25, 0.3) is 0 Å². The van der Waals surface area contributed by atoms with Crippen molar-refractivity contribution in [2.45, 2.75) is 230 Å². The van der Waals surface area contributed by atoms with Gasteiger partial charge in [0, 0.05) is 31.2 Å². The number of phenols is 1. The number of aromatic hydroxyl groups is 1. The minimum Gasteiger partial charge on any atom is -0.508 e. The maximum absolute atomic E-state index is 11.5. The van der Waals surface area contributed by atoms with Crippen molar-refractivity contribution in [1.29, 1.82) is 0 Å². The third-order valence-corrected chi connectivity index (χ3v) is 6.22. The van der Waals surface area contributed by atoms with E-state index in [0.29, 0.717) is 42.5 Å². The molecular formula is C47H107N3O3S. The molecule has 0 saturated carbocycles. The van der Waals surface area contributed by atoms with Crippen molar-refractivity contribution in [3.05, 3.63) is 29.3 Å². The van der Waals surface area contributed by atoms with E-state index in [4.69, 9.17) is 16.6 Å². The van der Waals surface area contributed by atoms with Gasteiger partial charge >= 0.3 is 0 Å². The Balaban J connectivity index is -0.0000000471. The van der Waals surface area contributed by atoms with Crippen LogP contribution in [0.1, 0.15) is 228 Å². The number of aliphatic imine (C=N–C) groups is 1. The van der Waals surface area contributed by atoms with E-state index in [-0.39, 0.29) is 40.1 Å². The number of ketones is 2. The number of thiol groups is 1. The lowest BCUT2D eigenvalue weighted by atomic mass is 9.92. The zero-order valence-corrected chi connectivity index (χ0v) is 38.7. The number of Topliss-reactive ketones (excluding diaryl/α,β-unsaturated/α-hetero) is 2. The van der Waals surface area contributed by atoms with E-state index in [1.54, 1.807) is 6.07 Å². The molecule has 0 aliphatic heterocycles. The maximum atomic E-state index is 11.5. The molecule has 2 unspecified atom stereocenters. The van der Waals surface area contributed by atoms with E-state index in [9.17, 15) is 9.59 Å². The quantitative estimate of drug-likeness (QED) is 0.0647. The number of benzene rings is 1.